The van der Waals surface area contributed by atoms with E-state index in [2.05, 4.69) is 206 Å². The Morgan fingerprint density at radius 2 is 0.571 bits per heavy atom. The zero-order chi connectivity index (χ0) is 42.3. The quantitative estimate of drug-likeness (QED) is 0.138. The second-order valence-corrected chi connectivity index (χ2v) is 16.6. The van der Waals surface area contributed by atoms with Gasteiger partial charge in [0.1, 0.15) is 23.0 Å². The molecule has 0 atom stereocenters. The van der Waals surface area contributed by atoms with E-state index in [9.17, 15) is 0 Å². The largest absolute Gasteiger partial charge is 0.456 e. The fourth-order valence-corrected chi connectivity index (χ4v) is 9.09. The van der Waals surface area contributed by atoms with Gasteiger partial charge in [-0.2, -0.15) is 0 Å². The SMILES string of the molecule is CC1(C)c2cc(N(c3ccccc3)c3ccc(-c4ccc(-c5ccccc5)o4)cc3)ccc2-c2ccc(N(c3ccccc3)c3ccc(-c4ccc(-c5ccccc5)o4)cc3)cc21. The topological polar surface area (TPSA) is 32.8 Å². The van der Waals surface area contributed by atoms with E-state index in [1.54, 1.807) is 0 Å². The van der Waals surface area contributed by atoms with Crippen molar-refractivity contribution < 1.29 is 8.83 Å². The minimum Gasteiger partial charge on any atom is -0.456 e. The van der Waals surface area contributed by atoms with Gasteiger partial charge < -0.3 is 18.6 Å². The van der Waals surface area contributed by atoms with Crippen molar-refractivity contribution >= 4 is 34.1 Å². The highest BCUT2D eigenvalue weighted by molar-refractivity contribution is 5.89. The standard InChI is InChI=1S/C59H44N2O2/c1-59(2)53-39-49(60(45-19-11-5-12-20-45)47-27-23-43(24-28-47)57-37-35-55(62-57)41-15-7-3-8-16-41)31-33-51(53)52-34-32-50(40-54(52)59)61(46-21-13-6-14-22-46)48-29-25-44(26-30-48)58-38-36-56(63-58)42-17-9-4-10-18-42/h3-40H,1-2H3. The number of nitrogens with zero attached hydrogens (tertiary/aromatic N) is 2. The molecule has 4 heteroatoms. The molecule has 4 nitrogen and oxygen atoms in total. The summed E-state index contributed by atoms with van der Waals surface area (Å²) in [7, 11) is 0. The van der Waals surface area contributed by atoms with Crippen LogP contribution in [0.2, 0.25) is 0 Å². The van der Waals surface area contributed by atoms with Gasteiger partial charge in [-0.05, 0) is 144 Å². The van der Waals surface area contributed by atoms with Crippen molar-refractivity contribution in [1.29, 1.82) is 0 Å². The third kappa shape index (κ3) is 7.02. The molecule has 0 saturated heterocycles. The highest BCUT2D eigenvalue weighted by Crippen LogP contribution is 2.52. The molecule has 0 bridgehead atoms. The number of hydrogen-bond acceptors (Lipinski definition) is 4. The first kappa shape index (κ1) is 37.9. The molecule has 63 heavy (non-hydrogen) atoms. The Morgan fingerprint density at radius 3 is 0.921 bits per heavy atom. The molecule has 0 unspecified atom stereocenters. The van der Waals surface area contributed by atoms with Gasteiger partial charge in [0.15, 0.2) is 0 Å². The van der Waals surface area contributed by atoms with Crippen LogP contribution in [0.25, 0.3) is 56.4 Å². The predicted molar refractivity (Wildman–Crippen MR) is 260 cm³/mol. The molecule has 0 fully saturated rings. The lowest BCUT2D eigenvalue weighted by molar-refractivity contribution is 0.597. The van der Waals surface area contributed by atoms with E-state index in [1.807, 2.05) is 48.5 Å². The third-order valence-corrected chi connectivity index (χ3v) is 12.3. The minimum atomic E-state index is -0.263. The number of anilines is 6. The van der Waals surface area contributed by atoms with E-state index in [-0.39, 0.29) is 5.41 Å². The first-order chi connectivity index (χ1) is 31.0. The van der Waals surface area contributed by atoms with Crippen molar-refractivity contribution in [1.82, 2.24) is 0 Å². The summed E-state index contributed by atoms with van der Waals surface area (Å²) >= 11 is 0. The first-order valence-electron chi connectivity index (χ1n) is 21.5. The number of hydrogen-bond donors (Lipinski definition) is 0. The zero-order valence-corrected chi connectivity index (χ0v) is 35.2. The van der Waals surface area contributed by atoms with Gasteiger partial charge in [-0.25, -0.2) is 0 Å². The number of fused-ring (bicyclic) bond motifs is 3. The van der Waals surface area contributed by atoms with Crippen molar-refractivity contribution in [2.45, 2.75) is 19.3 Å². The van der Waals surface area contributed by atoms with Gasteiger partial charge in [0.05, 0.1) is 0 Å². The Hall–Kier alpha value is -8.08. The van der Waals surface area contributed by atoms with Crippen LogP contribution in [-0.2, 0) is 5.41 Å². The van der Waals surface area contributed by atoms with Crippen LogP contribution in [0.15, 0.2) is 239 Å². The number of rotatable bonds is 10. The summed E-state index contributed by atoms with van der Waals surface area (Å²) in [6, 6.07) is 81.2. The Bertz CT molecular complexity index is 2950. The molecule has 302 valence electrons. The van der Waals surface area contributed by atoms with Crippen molar-refractivity contribution in [3.8, 4) is 56.4 Å². The van der Waals surface area contributed by atoms with Crippen LogP contribution in [0.5, 0.6) is 0 Å². The summed E-state index contributed by atoms with van der Waals surface area (Å²) in [5.74, 6) is 3.41. The molecule has 1 aliphatic rings. The van der Waals surface area contributed by atoms with Crippen molar-refractivity contribution in [3.63, 3.8) is 0 Å². The molecule has 0 spiro atoms. The van der Waals surface area contributed by atoms with Crippen LogP contribution in [0.3, 0.4) is 0 Å². The molecular weight excluding hydrogens is 769 g/mol. The van der Waals surface area contributed by atoms with Crippen LogP contribution < -0.4 is 9.80 Å². The predicted octanol–water partition coefficient (Wildman–Crippen LogP) is 16.8. The molecule has 10 aromatic rings. The van der Waals surface area contributed by atoms with Gasteiger partial charge >= 0.3 is 0 Å². The lowest BCUT2D eigenvalue weighted by Crippen LogP contribution is -2.17. The average Bonchev–Trinajstić information content (AvgIpc) is 4.10. The van der Waals surface area contributed by atoms with Crippen molar-refractivity contribution in [3.05, 3.63) is 242 Å². The lowest BCUT2D eigenvalue weighted by Gasteiger charge is -2.29. The van der Waals surface area contributed by atoms with Crippen LogP contribution >= 0.6 is 0 Å². The smallest absolute Gasteiger partial charge is 0.134 e. The van der Waals surface area contributed by atoms with E-state index in [4.69, 9.17) is 8.83 Å². The first-order valence-corrected chi connectivity index (χ1v) is 21.5. The molecule has 0 radical (unpaired) electrons. The molecule has 0 aliphatic heterocycles. The molecule has 0 saturated carbocycles. The Labute approximate surface area is 368 Å². The van der Waals surface area contributed by atoms with Crippen LogP contribution in [-0.4, -0.2) is 0 Å². The van der Waals surface area contributed by atoms with E-state index >= 15 is 0 Å². The number of para-hydroxylation sites is 2. The number of furan rings is 2. The molecule has 1 aliphatic carbocycles. The van der Waals surface area contributed by atoms with Gasteiger partial charge in [0.25, 0.3) is 0 Å². The Kier molecular flexibility index (Phi) is 9.47. The summed E-state index contributed by atoms with van der Waals surface area (Å²) in [5.41, 5.74) is 15.6. The molecule has 0 amide bonds. The van der Waals surface area contributed by atoms with E-state index in [1.165, 1.54) is 22.3 Å². The van der Waals surface area contributed by atoms with E-state index in [0.717, 1.165) is 79.4 Å². The summed E-state index contributed by atoms with van der Waals surface area (Å²) in [5, 5.41) is 0. The van der Waals surface area contributed by atoms with E-state index < -0.39 is 0 Å². The molecular formula is C59H44N2O2. The monoisotopic (exact) mass is 812 g/mol. The maximum Gasteiger partial charge on any atom is 0.134 e. The lowest BCUT2D eigenvalue weighted by atomic mass is 9.82. The van der Waals surface area contributed by atoms with Crippen LogP contribution in [0.1, 0.15) is 25.0 Å². The normalized spacial score (nSPS) is 12.4. The minimum absolute atomic E-state index is 0.263. The Morgan fingerprint density at radius 1 is 0.286 bits per heavy atom. The summed E-state index contributed by atoms with van der Waals surface area (Å²) in [4.78, 5) is 4.69. The second-order valence-electron chi connectivity index (χ2n) is 16.6. The number of benzene rings is 8. The van der Waals surface area contributed by atoms with Crippen LogP contribution in [0.4, 0.5) is 34.1 Å². The molecule has 0 N–H and O–H groups in total. The maximum atomic E-state index is 6.32. The summed E-state index contributed by atoms with van der Waals surface area (Å²) in [6.45, 7) is 4.71. The van der Waals surface area contributed by atoms with Gasteiger partial charge in [0.2, 0.25) is 0 Å². The van der Waals surface area contributed by atoms with Gasteiger partial charge in [-0.1, -0.05) is 123 Å². The molecule has 2 heterocycles. The fraction of sp³-hybridized carbons (Fsp3) is 0.0508. The van der Waals surface area contributed by atoms with Gasteiger partial charge in [-0.15, -0.1) is 0 Å². The summed E-state index contributed by atoms with van der Waals surface area (Å²) in [6.07, 6.45) is 0. The molecule has 8 aromatic carbocycles. The van der Waals surface area contributed by atoms with Gasteiger partial charge in [-0.3, -0.25) is 0 Å². The second kappa shape index (κ2) is 15.7. The highest BCUT2D eigenvalue weighted by Gasteiger charge is 2.37. The molecule has 2 aromatic heterocycles. The van der Waals surface area contributed by atoms with E-state index in [0.29, 0.717) is 0 Å². The Balaban J connectivity index is 0.918. The molecule has 11 rings (SSSR count). The fourth-order valence-electron chi connectivity index (χ4n) is 9.09. The van der Waals surface area contributed by atoms with Crippen molar-refractivity contribution in [2.75, 3.05) is 9.80 Å². The zero-order valence-electron chi connectivity index (χ0n) is 35.2. The van der Waals surface area contributed by atoms with Crippen molar-refractivity contribution in [2.24, 2.45) is 0 Å². The highest BCUT2D eigenvalue weighted by atomic mass is 16.3. The summed E-state index contributed by atoms with van der Waals surface area (Å²) < 4.78 is 12.6. The maximum absolute atomic E-state index is 6.32. The van der Waals surface area contributed by atoms with Gasteiger partial charge in [0, 0.05) is 61.8 Å². The van der Waals surface area contributed by atoms with Crippen LogP contribution in [0, 0.1) is 0 Å². The third-order valence-electron chi connectivity index (χ3n) is 12.3. The average molecular weight is 813 g/mol.